The minimum Gasteiger partial charge on any atom is -0.0795 e. The summed E-state index contributed by atoms with van der Waals surface area (Å²) in [7, 11) is 0. The first-order chi connectivity index (χ1) is 9.60. The number of hydrogen-bond acceptors (Lipinski definition) is 1. The first-order valence-corrected chi connectivity index (χ1v) is 7.39. The van der Waals surface area contributed by atoms with E-state index < -0.39 is 0 Å². The fourth-order valence-electron chi connectivity index (χ4n) is 2.11. The summed E-state index contributed by atoms with van der Waals surface area (Å²) < 4.78 is 0. The molecule has 2 rings (SSSR count). The number of thiocarbonyl (C=S) groups is 1. The maximum atomic E-state index is 5.49. The fourth-order valence-corrected chi connectivity index (χ4v) is 2.31. The van der Waals surface area contributed by atoms with Crippen LogP contribution in [0.1, 0.15) is 34.7 Å². The van der Waals surface area contributed by atoms with E-state index in [-0.39, 0.29) is 0 Å². The van der Waals surface area contributed by atoms with Gasteiger partial charge < -0.3 is 0 Å². The van der Waals surface area contributed by atoms with Crippen LogP contribution in [0, 0.1) is 13.8 Å². The molecule has 0 aliphatic heterocycles. The summed E-state index contributed by atoms with van der Waals surface area (Å²) in [6.45, 7) is 6.39. The molecule has 0 N–H and O–H groups in total. The second-order valence-corrected chi connectivity index (χ2v) is 5.55. The summed E-state index contributed by atoms with van der Waals surface area (Å²) in [5, 5.41) is 0. The van der Waals surface area contributed by atoms with E-state index in [4.69, 9.17) is 12.2 Å². The lowest BCUT2D eigenvalue weighted by Gasteiger charge is -2.03. The molecule has 0 nitrogen and oxygen atoms in total. The van der Waals surface area contributed by atoms with Gasteiger partial charge in [-0.2, -0.15) is 0 Å². The van der Waals surface area contributed by atoms with Crippen LogP contribution >= 0.6 is 12.2 Å². The number of hydrogen-bond donors (Lipinski definition) is 0. The zero-order valence-corrected chi connectivity index (χ0v) is 13.1. The minimum atomic E-state index is 0.883. The Morgan fingerprint density at radius 1 is 1.05 bits per heavy atom. The highest BCUT2D eigenvalue weighted by molar-refractivity contribution is 7.81. The molecule has 0 saturated heterocycles. The second-order valence-electron chi connectivity index (χ2n) is 5.11. The maximum Gasteiger partial charge on any atom is 0.0449 e. The summed E-state index contributed by atoms with van der Waals surface area (Å²) in [5.74, 6) is 0. The lowest BCUT2D eigenvalue weighted by atomic mass is 10.0. The first-order valence-electron chi connectivity index (χ1n) is 6.98. The minimum absolute atomic E-state index is 0.883. The highest BCUT2D eigenvalue weighted by atomic mass is 32.1. The molecule has 0 spiro atoms. The highest BCUT2D eigenvalue weighted by Gasteiger charge is 1.99. The normalized spacial score (nSPS) is 10.9. The number of rotatable bonds is 4. The van der Waals surface area contributed by atoms with Crippen LogP contribution in [0.15, 0.2) is 48.5 Å². The molecule has 0 saturated carbocycles. The van der Waals surface area contributed by atoms with Crippen LogP contribution in [-0.2, 0) is 6.42 Å². The highest BCUT2D eigenvalue weighted by Crippen LogP contribution is 2.14. The molecule has 0 radical (unpaired) electrons. The largest absolute Gasteiger partial charge is 0.0795 e. The van der Waals surface area contributed by atoms with Crippen molar-refractivity contribution in [2.24, 2.45) is 0 Å². The molecule has 2 aromatic carbocycles. The molecule has 0 atom stereocenters. The smallest absolute Gasteiger partial charge is 0.0449 e. The summed E-state index contributed by atoms with van der Waals surface area (Å²) in [6, 6.07) is 15.0. The van der Waals surface area contributed by atoms with Crippen LogP contribution in [0.25, 0.3) is 6.08 Å². The average Bonchev–Trinajstić information content (AvgIpc) is 2.48. The number of aryl methyl sites for hydroxylation is 3. The van der Waals surface area contributed by atoms with Gasteiger partial charge in [0, 0.05) is 4.86 Å². The van der Waals surface area contributed by atoms with Gasteiger partial charge in [0.1, 0.15) is 0 Å². The molecule has 0 aliphatic carbocycles. The maximum absolute atomic E-state index is 5.49. The first kappa shape index (κ1) is 14.7. The van der Waals surface area contributed by atoms with E-state index in [1.54, 1.807) is 0 Å². The van der Waals surface area contributed by atoms with Crippen LogP contribution < -0.4 is 0 Å². The Bertz CT molecular complexity index is 633. The Morgan fingerprint density at radius 2 is 1.75 bits per heavy atom. The van der Waals surface area contributed by atoms with Crippen LogP contribution in [-0.4, -0.2) is 4.86 Å². The Balaban J connectivity index is 2.17. The van der Waals surface area contributed by atoms with Gasteiger partial charge in [0.25, 0.3) is 0 Å². The molecule has 0 aliphatic rings. The van der Waals surface area contributed by atoms with Crippen LogP contribution in [0.4, 0.5) is 0 Å². The van der Waals surface area contributed by atoms with Gasteiger partial charge in [-0.25, -0.2) is 0 Å². The van der Waals surface area contributed by atoms with Crippen molar-refractivity contribution in [3.05, 3.63) is 76.4 Å². The van der Waals surface area contributed by atoms with Gasteiger partial charge in [-0.05, 0) is 48.6 Å². The molecule has 0 unspecified atom stereocenters. The van der Waals surface area contributed by atoms with Crippen LogP contribution in [0.2, 0.25) is 0 Å². The number of allylic oxidation sites excluding steroid dienone is 1. The zero-order valence-electron chi connectivity index (χ0n) is 12.3. The van der Waals surface area contributed by atoms with Gasteiger partial charge in [0.15, 0.2) is 0 Å². The third-order valence-electron chi connectivity index (χ3n) is 3.50. The third kappa shape index (κ3) is 3.64. The van der Waals surface area contributed by atoms with Crippen molar-refractivity contribution in [2.75, 3.05) is 0 Å². The molecule has 0 bridgehead atoms. The Hall–Kier alpha value is -1.73. The van der Waals surface area contributed by atoms with E-state index in [9.17, 15) is 0 Å². The molecule has 20 heavy (non-hydrogen) atoms. The molecule has 2 aromatic rings. The zero-order chi connectivity index (χ0) is 14.5. The molecule has 0 aromatic heterocycles. The molecule has 1 heteroatoms. The Labute approximate surface area is 127 Å². The van der Waals surface area contributed by atoms with E-state index in [2.05, 4.69) is 69.3 Å². The predicted molar refractivity (Wildman–Crippen MR) is 92.5 cm³/mol. The van der Waals surface area contributed by atoms with Crippen molar-refractivity contribution in [1.29, 1.82) is 0 Å². The van der Waals surface area contributed by atoms with Gasteiger partial charge in [-0.15, -0.1) is 0 Å². The standard InChI is InChI=1S/C19H20S/c1-4-16-7-9-17(10-8-16)19(20)12-11-18-13-14(2)5-6-15(18)3/h5-13H,4H2,1-3H3. The van der Waals surface area contributed by atoms with Gasteiger partial charge in [-0.3, -0.25) is 0 Å². The van der Waals surface area contributed by atoms with Gasteiger partial charge in [-0.1, -0.05) is 73.2 Å². The van der Waals surface area contributed by atoms with E-state index in [1.165, 1.54) is 22.3 Å². The van der Waals surface area contributed by atoms with E-state index in [1.807, 2.05) is 6.08 Å². The summed E-state index contributed by atoms with van der Waals surface area (Å²) in [6.07, 6.45) is 5.20. The summed E-state index contributed by atoms with van der Waals surface area (Å²) >= 11 is 5.49. The average molecular weight is 280 g/mol. The lowest BCUT2D eigenvalue weighted by molar-refractivity contribution is 1.14. The van der Waals surface area contributed by atoms with Crippen molar-refractivity contribution in [2.45, 2.75) is 27.2 Å². The molecule has 0 fully saturated rings. The van der Waals surface area contributed by atoms with Crippen molar-refractivity contribution in [3.8, 4) is 0 Å². The van der Waals surface area contributed by atoms with Crippen molar-refractivity contribution < 1.29 is 0 Å². The molecule has 0 heterocycles. The molecular weight excluding hydrogens is 260 g/mol. The predicted octanol–water partition coefficient (Wildman–Crippen LogP) is 5.30. The Morgan fingerprint density at radius 3 is 2.40 bits per heavy atom. The van der Waals surface area contributed by atoms with E-state index in [0.717, 1.165) is 16.8 Å². The molecule has 0 amide bonds. The monoisotopic (exact) mass is 280 g/mol. The van der Waals surface area contributed by atoms with Crippen molar-refractivity contribution >= 4 is 23.2 Å². The summed E-state index contributed by atoms with van der Waals surface area (Å²) in [4.78, 5) is 0.883. The summed E-state index contributed by atoms with van der Waals surface area (Å²) in [5.41, 5.74) is 6.23. The molecular formula is C19H20S. The fraction of sp³-hybridized carbons (Fsp3) is 0.211. The van der Waals surface area contributed by atoms with Gasteiger partial charge >= 0.3 is 0 Å². The second kappa shape index (κ2) is 6.62. The van der Waals surface area contributed by atoms with Crippen molar-refractivity contribution in [1.82, 2.24) is 0 Å². The SMILES string of the molecule is CCc1ccc(C(=S)C=Cc2cc(C)ccc2C)cc1. The van der Waals surface area contributed by atoms with E-state index in [0.29, 0.717) is 0 Å². The van der Waals surface area contributed by atoms with Crippen molar-refractivity contribution in [3.63, 3.8) is 0 Å². The quantitative estimate of drug-likeness (QED) is 0.416. The van der Waals surface area contributed by atoms with Gasteiger partial charge in [0.05, 0.1) is 0 Å². The van der Waals surface area contributed by atoms with Gasteiger partial charge in [0.2, 0.25) is 0 Å². The molecule has 102 valence electrons. The van der Waals surface area contributed by atoms with E-state index >= 15 is 0 Å². The topological polar surface area (TPSA) is 0 Å². The third-order valence-corrected chi connectivity index (χ3v) is 3.87. The van der Waals surface area contributed by atoms with Crippen LogP contribution in [0.5, 0.6) is 0 Å². The Kier molecular flexibility index (Phi) is 4.86. The lowest BCUT2D eigenvalue weighted by Crippen LogP contribution is -1.93. The number of benzene rings is 2. The van der Waals surface area contributed by atoms with Crippen LogP contribution in [0.3, 0.4) is 0 Å².